The number of hydrogen-bond donors (Lipinski definition) is 3. The Labute approximate surface area is 184 Å². The van der Waals surface area contributed by atoms with Crippen molar-refractivity contribution in [1.82, 2.24) is 15.0 Å². The molecule has 10 heteroatoms. The number of thiazole rings is 1. The molecule has 0 atom stereocenters. The molecule has 0 saturated heterocycles. The molecule has 0 aliphatic rings. The van der Waals surface area contributed by atoms with Crippen molar-refractivity contribution >= 4 is 44.8 Å². The zero-order chi connectivity index (χ0) is 21.6. The number of anilines is 1. The molecule has 158 valence electrons. The molecule has 3 rings (SSSR count). The fourth-order valence-corrected chi connectivity index (χ4v) is 5.07. The van der Waals surface area contributed by atoms with E-state index in [0.29, 0.717) is 17.8 Å². The molecule has 7 nitrogen and oxygen atoms in total. The van der Waals surface area contributed by atoms with Crippen molar-refractivity contribution in [2.24, 2.45) is 0 Å². The third-order valence-electron chi connectivity index (χ3n) is 4.06. The normalized spacial score (nSPS) is 11.3. The maximum Gasteiger partial charge on any atom is 0.319 e. The first-order chi connectivity index (χ1) is 14.3. The maximum absolute atomic E-state index is 12.1. The first-order valence-electron chi connectivity index (χ1n) is 9.07. The van der Waals surface area contributed by atoms with E-state index in [1.54, 1.807) is 47.4 Å². The molecular weight excluding hydrogens is 440 g/mol. The zero-order valence-corrected chi connectivity index (χ0v) is 19.0. The summed E-state index contributed by atoms with van der Waals surface area (Å²) in [5.41, 5.74) is 3.26. The smallest absolute Gasteiger partial charge is 0.319 e. The van der Waals surface area contributed by atoms with Crippen LogP contribution >= 0.6 is 23.1 Å². The van der Waals surface area contributed by atoms with Crippen molar-refractivity contribution in [3.63, 3.8) is 0 Å². The molecule has 3 N–H and O–H groups in total. The number of sulfonamides is 1. The topological polar surface area (TPSA) is 100 Å². The quantitative estimate of drug-likeness (QED) is 0.470. The summed E-state index contributed by atoms with van der Waals surface area (Å²) in [6.07, 6.45) is 0. The highest BCUT2D eigenvalue weighted by Gasteiger charge is 2.09. The average Bonchev–Trinajstić information content (AvgIpc) is 3.13. The van der Waals surface area contributed by atoms with Crippen LogP contribution in [0.25, 0.3) is 0 Å². The highest BCUT2D eigenvalue weighted by Crippen LogP contribution is 2.30. The molecule has 0 spiro atoms. The second-order valence-corrected chi connectivity index (χ2v) is 10.6. The minimum atomic E-state index is -3.30. The largest absolute Gasteiger partial charge is 0.334 e. The number of carbonyl (C=O) groups is 1. The Balaban J connectivity index is 1.47. The molecule has 3 aromatic rings. The van der Waals surface area contributed by atoms with Gasteiger partial charge in [0, 0.05) is 28.2 Å². The average molecular weight is 463 g/mol. The molecule has 0 radical (unpaired) electrons. The van der Waals surface area contributed by atoms with Crippen molar-refractivity contribution in [3.05, 3.63) is 70.7 Å². The van der Waals surface area contributed by atoms with E-state index in [4.69, 9.17) is 0 Å². The molecule has 0 aliphatic carbocycles. The number of urea groups is 1. The lowest BCUT2D eigenvalue weighted by molar-refractivity contribution is 0.251. The van der Waals surface area contributed by atoms with E-state index in [-0.39, 0.29) is 11.8 Å². The van der Waals surface area contributed by atoms with Gasteiger partial charge in [0.15, 0.2) is 4.34 Å². The second kappa shape index (κ2) is 10.1. The third-order valence-corrected chi connectivity index (χ3v) is 7.46. The lowest BCUT2D eigenvalue weighted by atomic mass is 10.1. The molecule has 0 saturated carbocycles. The van der Waals surface area contributed by atoms with E-state index in [1.807, 2.05) is 36.6 Å². The van der Waals surface area contributed by atoms with Crippen molar-refractivity contribution in [2.45, 2.75) is 28.5 Å². The van der Waals surface area contributed by atoms with Gasteiger partial charge < -0.3 is 10.6 Å². The van der Waals surface area contributed by atoms with Gasteiger partial charge in [-0.3, -0.25) is 0 Å². The number of amides is 2. The summed E-state index contributed by atoms with van der Waals surface area (Å²) in [5, 5.41) is 7.60. The summed E-state index contributed by atoms with van der Waals surface area (Å²) in [7, 11) is -1.91. The zero-order valence-electron chi connectivity index (χ0n) is 16.5. The molecule has 1 aromatic heterocycles. The molecular formula is C20H22N4O3S3. The van der Waals surface area contributed by atoms with Crippen molar-refractivity contribution < 1.29 is 13.2 Å². The van der Waals surface area contributed by atoms with E-state index in [2.05, 4.69) is 20.3 Å². The van der Waals surface area contributed by atoms with Crippen LogP contribution in [0, 0.1) is 6.92 Å². The van der Waals surface area contributed by atoms with Gasteiger partial charge in [-0.2, -0.15) is 0 Å². The van der Waals surface area contributed by atoms with Crippen LogP contribution in [0.5, 0.6) is 0 Å². The third kappa shape index (κ3) is 6.84. The number of rotatable bonds is 8. The highest BCUT2D eigenvalue weighted by molar-refractivity contribution is 8.01. The highest BCUT2D eigenvalue weighted by atomic mass is 32.2. The minimum absolute atomic E-state index is 0.0753. The number of nitrogens with zero attached hydrogens (tertiary/aromatic N) is 1. The Morgan fingerprint density at radius 3 is 2.33 bits per heavy atom. The molecule has 0 aliphatic heterocycles. The van der Waals surface area contributed by atoms with E-state index in [9.17, 15) is 13.2 Å². The predicted octanol–water partition coefficient (Wildman–Crippen LogP) is 3.97. The van der Waals surface area contributed by atoms with Crippen LogP contribution in [0.1, 0.15) is 16.8 Å². The lowest BCUT2D eigenvalue weighted by Gasteiger charge is -2.09. The van der Waals surface area contributed by atoms with Gasteiger partial charge in [0.2, 0.25) is 10.0 Å². The molecule has 0 bridgehead atoms. The number of carbonyl (C=O) groups excluding carboxylic acids is 1. The minimum Gasteiger partial charge on any atom is -0.334 e. The summed E-state index contributed by atoms with van der Waals surface area (Å²) in [4.78, 5) is 17.6. The fraction of sp³-hybridized carbons (Fsp3) is 0.200. The van der Waals surface area contributed by atoms with Gasteiger partial charge in [-0.05, 0) is 49.4 Å². The number of benzene rings is 2. The van der Waals surface area contributed by atoms with Crippen molar-refractivity contribution in [1.29, 1.82) is 0 Å². The number of aryl methyl sites for hydroxylation is 1. The van der Waals surface area contributed by atoms with Crippen molar-refractivity contribution in [3.8, 4) is 0 Å². The number of hydrogen-bond acceptors (Lipinski definition) is 6. The maximum atomic E-state index is 12.1. The lowest BCUT2D eigenvalue weighted by Crippen LogP contribution is -2.28. The van der Waals surface area contributed by atoms with Crippen molar-refractivity contribution in [2.75, 3.05) is 12.4 Å². The van der Waals surface area contributed by atoms with Crippen LogP contribution < -0.4 is 15.4 Å². The molecule has 0 unspecified atom stereocenters. The van der Waals surface area contributed by atoms with Gasteiger partial charge in [0.05, 0.1) is 5.75 Å². The molecule has 1 heterocycles. The Morgan fingerprint density at radius 2 is 1.73 bits per heavy atom. The van der Waals surface area contributed by atoms with Gasteiger partial charge in [-0.25, -0.2) is 22.9 Å². The predicted molar refractivity (Wildman–Crippen MR) is 121 cm³/mol. The van der Waals surface area contributed by atoms with E-state index in [0.717, 1.165) is 20.5 Å². The van der Waals surface area contributed by atoms with Crippen LogP contribution in [0.2, 0.25) is 0 Å². The fourth-order valence-electron chi connectivity index (χ4n) is 2.49. The van der Waals surface area contributed by atoms with Crippen LogP contribution in [-0.2, 0) is 22.3 Å². The number of aromatic nitrogens is 1. The second-order valence-electron chi connectivity index (χ2n) is 6.47. The monoisotopic (exact) mass is 462 g/mol. The van der Waals surface area contributed by atoms with Crippen LogP contribution in [0.3, 0.4) is 0 Å². The van der Waals surface area contributed by atoms with E-state index in [1.165, 1.54) is 7.05 Å². The van der Waals surface area contributed by atoms with Gasteiger partial charge in [0.25, 0.3) is 0 Å². The summed E-state index contributed by atoms with van der Waals surface area (Å²) in [5.74, 6) is -0.0753. The van der Waals surface area contributed by atoms with Crippen LogP contribution in [0.15, 0.2) is 63.1 Å². The van der Waals surface area contributed by atoms with Crippen LogP contribution in [0.4, 0.5) is 10.5 Å². The molecule has 2 aromatic carbocycles. The standard InChI is InChI=1S/C20H22N4O3S3/c1-14-12-28-20(23-14)29-18-9-7-17(8-10-18)24-19(25)22-11-15-3-5-16(6-4-15)13-30(26,27)21-2/h3-10,12,21H,11,13H2,1-2H3,(H2,22,24,25). The van der Waals surface area contributed by atoms with E-state index >= 15 is 0 Å². The SMILES string of the molecule is CNS(=O)(=O)Cc1ccc(CNC(=O)Nc2ccc(Sc3nc(C)cs3)cc2)cc1. The molecule has 2 amide bonds. The van der Waals surface area contributed by atoms with E-state index < -0.39 is 10.0 Å². The van der Waals surface area contributed by atoms with Gasteiger partial charge in [0.1, 0.15) is 0 Å². The van der Waals surface area contributed by atoms with Crippen LogP contribution in [-0.4, -0.2) is 26.5 Å². The molecule has 0 fully saturated rings. The Bertz CT molecular complexity index is 1100. The summed E-state index contributed by atoms with van der Waals surface area (Å²) in [6.45, 7) is 2.30. The Kier molecular flexibility index (Phi) is 7.48. The van der Waals surface area contributed by atoms with Gasteiger partial charge in [-0.15, -0.1) is 11.3 Å². The Morgan fingerprint density at radius 1 is 1.07 bits per heavy atom. The number of nitrogens with one attached hydrogen (secondary N) is 3. The van der Waals surface area contributed by atoms with Gasteiger partial charge >= 0.3 is 6.03 Å². The summed E-state index contributed by atoms with van der Waals surface area (Å²) in [6, 6.07) is 14.3. The molecule has 30 heavy (non-hydrogen) atoms. The first-order valence-corrected chi connectivity index (χ1v) is 12.4. The Hall–Kier alpha value is -2.40. The first kappa shape index (κ1) is 22.3. The summed E-state index contributed by atoms with van der Waals surface area (Å²) < 4.78 is 26.4. The van der Waals surface area contributed by atoms with Gasteiger partial charge in [-0.1, -0.05) is 36.0 Å². The summed E-state index contributed by atoms with van der Waals surface area (Å²) >= 11 is 3.19.